The number of rotatable bonds is 6. The Hall–Kier alpha value is -1.02. The van der Waals surface area contributed by atoms with E-state index in [-0.39, 0.29) is 0 Å². The second-order valence-electron chi connectivity index (χ2n) is 5.71. The van der Waals surface area contributed by atoms with Crippen LogP contribution in [0.5, 0.6) is 5.75 Å². The molecule has 2 unspecified atom stereocenters. The summed E-state index contributed by atoms with van der Waals surface area (Å²) >= 11 is 0. The van der Waals surface area contributed by atoms with Crippen molar-refractivity contribution in [2.45, 2.75) is 51.2 Å². The van der Waals surface area contributed by atoms with Crippen molar-refractivity contribution >= 4 is 0 Å². The van der Waals surface area contributed by atoms with Gasteiger partial charge in [0, 0.05) is 12.5 Å². The second kappa shape index (κ2) is 5.31. The molecule has 2 aliphatic rings. The summed E-state index contributed by atoms with van der Waals surface area (Å²) in [6.45, 7) is 3.33. The van der Waals surface area contributed by atoms with E-state index in [2.05, 4.69) is 36.5 Å². The van der Waals surface area contributed by atoms with Gasteiger partial charge in [-0.1, -0.05) is 38.0 Å². The van der Waals surface area contributed by atoms with E-state index in [1.54, 1.807) is 0 Å². The summed E-state index contributed by atoms with van der Waals surface area (Å²) in [7, 11) is 0. The standard InChI is InChI=1S/C16H23NO/c1-2-9-17-14(10-12-7-8-12)16-11-13-5-3-4-6-15(13)18-16/h3-6,12,14,16-17H,2,7-11H2,1H3. The van der Waals surface area contributed by atoms with Gasteiger partial charge in [-0.2, -0.15) is 0 Å². The molecule has 1 aromatic rings. The van der Waals surface area contributed by atoms with Crippen LogP contribution < -0.4 is 10.1 Å². The highest BCUT2D eigenvalue weighted by molar-refractivity contribution is 5.37. The largest absolute Gasteiger partial charge is 0.488 e. The van der Waals surface area contributed by atoms with Crippen LogP contribution in [0, 0.1) is 5.92 Å². The third kappa shape index (κ3) is 2.69. The van der Waals surface area contributed by atoms with Crippen LogP contribution in [-0.4, -0.2) is 18.7 Å². The minimum absolute atomic E-state index is 0.342. The Morgan fingerprint density at radius 3 is 2.89 bits per heavy atom. The lowest BCUT2D eigenvalue weighted by atomic mass is 9.99. The Kier molecular flexibility index (Phi) is 3.55. The first kappa shape index (κ1) is 12.0. The summed E-state index contributed by atoms with van der Waals surface area (Å²) in [6, 6.07) is 9.01. The highest BCUT2D eigenvalue weighted by Crippen LogP contribution is 2.37. The average Bonchev–Trinajstić information content (AvgIpc) is 3.10. The van der Waals surface area contributed by atoms with Gasteiger partial charge in [-0.3, -0.25) is 0 Å². The van der Waals surface area contributed by atoms with Crippen LogP contribution in [0.1, 0.15) is 38.2 Å². The van der Waals surface area contributed by atoms with E-state index in [1.807, 2.05) is 0 Å². The van der Waals surface area contributed by atoms with Gasteiger partial charge in [0.05, 0.1) is 0 Å². The molecular formula is C16H23NO. The lowest BCUT2D eigenvalue weighted by molar-refractivity contribution is 0.168. The van der Waals surface area contributed by atoms with E-state index in [0.717, 1.165) is 24.6 Å². The fourth-order valence-corrected chi connectivity index (χ4v) is 2.84. The van der Waals surface area contributed by atoms with Gasteiger partial charge in [0.25, 0.3) is 0 Å². The summed E-state index contributed by atoms with van der Waals surface area (Å²) in [5.41, 5.74) is 1.38. The predicted molar refractivity (Wildman–Crippen MR) is 74.0 cm³/mol. The quantitative estimate of drug-likeness (QED) is 0.831. The maximum absolute atomic E-state index is 6.13. The van der Waals surface area contributed by atoms with Gasteiger partial charge in [-0.05, 0) is 36.9 Å². The molecule has 1 fully saturated rings. The molecule has 2 heteroatoms. The number of hydrogen-bond donors (Lipinski definition) is 1. The molecule has 0 amide bonds. The lowest BCUT2D eigenvalue weighted by Gasteiger charge is -2.24. The Morgan fingerprint density at radius 2 is 2.17 bits per heavy atom. The topological polar surface area (TPSA) is 21.3 Å². The second-order valence-corrected chi connectivity index (χ2v) is 5.71. The maximum Gasteiger partial charge on any atom is 0.123 e. The summed E-state index contributed by atoms with van der Waals surface area (Å²) in [4.78, 5) is 0. The van der Waals surface area contributed by atoms with Crippen molar-refractivity contribution in [1.29, 1.82) is 0 Å². The zero-order valence-corrected chi connectivity index (χ0v) is 11.2. The molecule has 1 N–H and O–H groups in total. The van der Waals surface area contributed by atoms with Crippen LogP contribution in [0.25, 0.3) is 0 Å². The Bertz CT molecular complexity index is 375. The molecule has 0 saturated heterocycles. The van der Waals surface area contributed by atoms with E-state index < -0.39 is 0 Å². The Morgan fingerprint density at radius 1 is 1.33 bits per heavy atom. The average molecular weight is 245 g/mol. The smallest absolute Gasteiger partial charge is 0.123 e. The van der Waals surface area contributed by atoms with Crippen molar-refractivity contribution in [2.24, 2.45) is 5.92 Å². The lowest BCUT2D eigenvalue weighted by Crippen LogP contribution is -2.43. The molecule has 2 atom stereocenters. The van der Waals surface area contributed by atoms with Gasteiger partial charge < -0.3 is 10.1 Å². The molecule has 1 aliphatic carbocycles. The Balaban J connectivity index is 1.64. The van der Waals surface area contributed by atoms with Crippen molar-refractivity contribution in [3.8, 4) is 5.75 Å². The fraction of sp³-hybridized carbons (Fsp3) is 0.625. The molecule has 98 valence electrons. The van der Waals surface area contributed by atoms with Gasteiger partial charge in [0.15, 0.2) is 0 Å². The van der Waals surface area contributed by atoms with Gasteiger partial charge in [0.2, 0.25) is 0 Å². The van der Waals surface area contributed by atoms with Gasteiger partial charge in [-0.15, -0.1) is 0 Å². The maximum atomic E-state index is 6.13. The molecule has 0 spiro atoms. The summed E-state index contributed by atoms with van der Waals surface area (Å²) in [5, 5.41) is 3.69. The highest BCUT2D eigenvalue weighted by Gasteiger charge is 2.34. The molecule has 1 aliphatic heterocycles. The van der Waals surface area contributed by atoms with E-state index in [0.29, 0.717) is 12.1 Å². The van der Waals surface area contributed by atoms with Crippen LogP contribution in [0.3, 0.4) is 0 Å². The number of fused-ring (bicyclic) bond motifs is 1. The van der Waals surface area contributed by atoms with Gasteiger partial charge >= 0.3 is 0 Å². The number of para-hydroxylation sites is 1. The highest BCUT2D eigenvalue weighted by atomic mass is 16.5. The minimum Gasteiger partial charge on any atom is -0.488 e. The molecule has 18 heavy (non-hydrogen) atoms. The van der Waals surface area contributed by atoms with Crippen molar-refractivity contribution in [1.82, 2.24) is 5.32 Å². The van der Waals surface area contributed by atoms with E-state index in [1.165, 1.54) is 31.2 Å². The molecule has 3 rings (SSSR count). The fourth-order valence-electron chi connectivity index (χ4n) is 2.84. The monoisotopic (exact) mass is 245 g/mol. The number of hydrogen-bond acceptors (Lipinski definition) is 2. The van der Waals surface area contributed by atoms with Crippen LogP contribution in [0.15, 0.2) is 24.3 Å². The van der Waals surface area contributed by atoms with Gasteiger partial charge in [-0.25, -0.2) is 0 Å². The molecule has 1 saturated carbocycles. The predicted octanol–water partition coefficient (Wildman–Crippen LogP) is 3.16. The summed E-state index contributed by atoms with van der Waals surface area (Å²) < 4.78 is 6.13. The van der Waals surface area contributed by atoms with Crippen molar-refractivity contribution in [2.75, 3.05) is 6.54 Å². The van der Waals surface area contributed by atoms with Gasteiger partial charge in [0.1, 0.15) is 11.9 Å². The van der Waals surface area contributed by atoms with E-state index in [4.69, 9.17) is 4.74 Å². The zero-order chi connectivity index (χ0) is 12.4. The minimum atomic E-state index is 0.342. The van der Waals surface area contributed by atoms with Crippen LogP contribution in [0.4, 0.5) is 0 Å². The first-order valence-electron chi connectivity index (χ1n) is 7.34. The first-order valence-corrected chi connectivity index (χ1v) is 7.34. The van der Waals surface area contributed by atoms with E-state index >= 15 is 0 Å². The molecule has 0 radical (unpaired) electrons. The first-order chi connectivity index (χ1) is 8.86. The third-order valence-electron chi connectivity index (χ3n) is 4.06. The third-order valence-corrected chi connectivity index (χ3v) is 4.06. The number of nitrogens with one attached hydrogen (secondary N) is 1. The Labute approximate surface area is 110 Å². The molecular weight excluding hydrogens is 222 g/mol. The van der Waals surface area contributed by atoms with Crippen molar-refractivity contribution < 1.29 is 4.74 Å². The molecule has 1 heterocycles. The van der Waals surface area contributed by atoms with E-state index in [9.17, 15) is 0 Å². The van der Waals surface area contributed by atoms with Crippen LogP contribution >= 0.6 is 0 Å². The van der Waals surface area contributed by atoms with Crippen molar-refractivity contribution in [3.63, 3.8) is 0 Å². The molecule has 0 aromatic heterocycles. The normalized spacial score (nSPS) is 23.5. The molecule has 2 nitrogen and oxygen atoms in total. The molecule has 0 bridgehead atoms. The SMILES string of the molecule is CCCNC(CC1CC1)C1Cc2ccccc2O1. The number of ether oxygens (including phenoxy) is 1. The zero-order valence-electron chi connectivity index (χ0n) is 11.2. The van der Waals surface area contributed by atoms with Crippen molar-refractivity contribution in [3.05, 3.63) is 29.8 Å². The summed E-state index contributed by atoms with van der Waals surface area (Å²) in [5.74, 6) is 2.05. The number of benzene rings is 1. The summed E-state index contributed by atoms with van der Waals surface area (Å²) in [6.07, 6.45) is 6.74. The van der Waals surface area contributed by atoms with Crippen LogP contribution in [-0.2, 0) is 6.42 Å². The van der Waals surface area contributed by atoms with Crippen LogP contribution in [0.2, 0.25) is 0 Å². The molecule has 1 aromatic carbocycles.